The Morgan fingerprint density at radius 2 is 1.48 bits per heavy atom. The van der Waals surface area contributed by atoms with Gasteiger partial charge in [-0.3, -0.25) is 4.98 Å². The van der Waals surface area contributed by atoms with Crippen LogP contribution in [0.15, 0.2) is 78.0 Å². The molecule has 0 amide bonds. The van der Waals surface area contributed by atoms with Gasteiger partial charge in [-0.25, -0.2) is 9.18 Å². The first-order chi connectivity index (χ1) is 14.1. The lowest BCUT2D eigenvalue weighted by Crippen LogP contribution is -2.00. The standard InChI is InChI=1S/C23H17FN2O2S/c1-29-18-8-4-16(5-9-18)22-20(23(27)28)19(14-10-12-25-13-11-14)21(26-22)15-2-6-17(24)7-3-15/h2-13,26H,1H3,(H,27,28). The van der Waals surface area contributed by atoms with Crippen molar-refractivity contribution in [2.24, 2.45) is 0 Å². The molecule has 0 aliphatic carbocycles. The lowest BCUT2D eigenvalue weighted by molar-refractivity contribution is 0.0698. The summed E-state index contributed by atoms with van der Waals surface area (Å²) >= 11 is 1.62. The maximum Gasteiger partial charge on any atom is 0.338 e. The van der Waals surface area contributed by atoms with Gasteiger partial charge in [0.05, 0.1) is 17.0 Å². The molecule has 2 aromatic carbocycles. The third-order valence-corrected chi connectivity index (χ3v) is 5.44. The largest absolute Gasteiger partial charge is 0.478 e. The third kappa shape index (κ3) is 3.67. The summed E-state index contributed by atoms with van der Waals surface area (Å²) < 4.78 is 13.5. The van der Waals surface area contributed by atoms with Crippen molar-refractivity contribution in [2.75, 3.05) is 6.26 Å². The maximum absolute atomic E-state index is 13.5. The van der Waals surface area contributed by atoms with Gasteiger partial charge in [-0.15, -0.1) is 11.8 Å². The van der Waals surface area contributed by atoms with E-state index in [0.29, 0.717) is 22.5 Å². The van der Waals surface area contributed by atoms with E-state index in [9.17, 15) is 14.3 Å². The number of rotatable bonds is 5. The predicted octanol–water partition coefficient (Wildman–Crippen LogP) is 5.97. The fourth-order valence-electron chi connectivity index (χ4n) is 3.33. The molecule has 4 rings (SSSR count). The summed E-state index contributed by atoms with van der Waals surface area (Å²) in [5, 5.41) is 10.1. The third-order valence-electron chi connectivity index (χ3n) is 4.69. The molecule has 6 heteroatoms. The maximum atomic E-state index is 13.5. The number of aromatic amines is 1. The molecule has 0 aliphatic rings. The first-order valence-electron chi connectivity index (χ1n) is 8.88. The van der Waals surface area contributed by atoms with Crippen LogP contribution in [0, 0.1) is 5.82 Å². The Kier molecular flexibility index (Phi) is 5.18. The number of carboxylic acids is 1. The van der Waals surface area contributed by atoms with Gasteiger partial charge < -0.3 is 10.1 Å². The van der Waals surface area contributed by atoms with E-state index in [4.69, 9.17) is 0 Å². The average molecular weight is 404 g/mol. The first kappa shape index (κ1) is 19.0. The number of halogens is 1. The van der Waals surface area contributed by atoms with Crippen LogP contribution >= 0.6 is 11.8 Å². The Bertz CT molecular complexity index is 1150. The lowest BCUT2D eigenvalue weighted by atomic mass is 9.96. The number of carboxylic acid groups (broad SMARTS) is 1. The van der Waals surface area contributed by atoms with E-state index in [0.717, 1.165) is 16.0 Å². The Hall–Kier alpha value is -3.38. The number of H-pyrrole nitrogens is 1. The molecule has 2 heterocycles. The molecule has 0 bridgehead atoms. The minimum atomic E-state index is -1.04. The van der Waals surface area contributed by atoms with Crippen molar-refractivity contribution in [3.8, 4) is 33.6 Å². The van der Waals surface area contributed by atoms with E-state index in [1.807, 2.05) is 30.5 Å². The molecule has 144 valence electrons. The second-order valence-electron chi connectivity index (χ2n) is 6.40. The van der Waals surface area contributed by atoms with Gasteiger partial charge in [0.2, 0.25) is 0 Å². The Morgan fingerprint density at radius 3 is 2.07 bits per heavy atom. The van der Waals surface area contributed by atoms with Crippen LogP contribution in [0.2, 0.25) is 0 Å². The molecule has 29 heavy (non-hydrogen) atoms. The van der Waals surface area contributed by atoms with Crippen LogP contribution in [0.5, 0.6) is 0 Å². The van der Waals surface area contributed by atoms with E-state index in [1.54, 1.807) is 48.4 Å². The Balaban J connectivity index is 2.01. The number of hydrogen-bond acceptors (Lipinski definition) is 3. The normalized spacial score (nSPS) is 10.8. The van der Waals surface area contributed by atoms with E-state index in [-0.39, 0.29) is 11.4 Å². The van der Waals surface area contributed by atoms with E-state index >= 15 is 0 Å². The summed E-state index contributed by atoms with van der Waals surface area (Å²) in [7, 11) is 0. The zero-order valence-corrected chi connectivity index (χ0v) is 16.3. The number of thioether (sulfide) groups is 1. The van der Waals surface area contributed by atoms with Crippen LogP contribution in [-0.2, 0) is 0 Å². The zero-order chi connectivity index (χ0) is 20.4. The molecule has 2 N–H and O–H groups in total. The lowest BCUT2D eigenvalue weighted by Gasteiger charge is -2.06. The predicted molar refractivity (Wildman–Crippen MR) is 114 cm³/mol. The van der Waals surface area contributed by atoms with Gasteiger partial charge in [0, 0.05) is 22.9 Å². The zero-order valence-electron chi connectivity index (χ0n) is 15.5. The highest BCUT2D eigenvalue weighted by Gasteiger charge is 2.25. The number of carbonyl (C=O) groups is 1. The molecule has 0 fully saturated rings. The summed E-state index contributed by atoms with van der Waals surface area (Å²) in [6.07, 6.45) is 5.23. The van der Waals surface area contributed by atoms with Gasteiger partial charge in [-0.05, 0) is 71.5 Å². The van der Waals surface area contributed by atoms with Gasteiger partial charge in [-0.2, -0.15) is 0 Å². The molecule has 0 saturated carbocycles. The van der Waals surface area contributed by atoms with Gasteiger partial charge >= 0.3 is 5.97 Å². The summed E-state index contributed by atoms with van der Waals surface area (Å²) in [5.41, 5.74) is 4.05. The number of nitrogens with one attached hydrogen (secondary N) is 1. The smallest absolute Gasteiger partial charge is 0.338 e. The molecule has 0 saturated heterocycles. The summed E-state index contributed by atoms with van der Waals surface area (Å²) in [4.78, 5) is 20.7. The fraction of sp³-hybridized carbons (Fsp3) is 0.0435. The topological polar surface area (TPSA) is 66.0 Å². The van der Waals surface area contributed by atoms with Crippen LogP contribution < -0.4 is 0 Å². The van der Waals surface area contributed by atoms with Crippen molar-refractivity contribution < 1.29 is 14.3 Å². The Labute approximate surface area is 171 Å². The molecule has 0 unspecified atom stereocenters. The van der Waals surface area contributed by atoms with Gasteiger partial charge in [-0.1, -0.05) is 12.1 Å². The quantitative estimate of drug-likeness (QED) is 0.402. The second kappa shape index (κ2) is 7.93. The van der Waals surface area contributed by atoms with Crippen molar-refractivity contribution >= 4 is 17.7 Å². The summed E-state index contributed by atoms with van der Waals surface area (Å²) in [5.74, 6) is -1.39. The number of nitrogens with zero attached hydrogens (tertiary/aromatic N) is 1. The molecular weight excluding hydrogens is 387 g/mol. The molecule has 0 spiro atoms. The minimum Gasteiger partial charge on any atom is -0.478 e. The van der Waals surface area contributed by atoms with Crippen LogP contribution in [0.4, 0.5) is 4.39 Å². The first-order valence-corrected chi connectivity index (χ1v) is 10.1. The fourth-order valence-corrected chi connectivity index (χ4v) is 3.74. The van der Waals surface area contributed by atoms with E-state index < -0.39 is 5.97 Å². The number of hydrogen-bond donors (Lipinski definition) is 2. The highest BCUT2D eigenvalue weighted by molar-refractivity contribution is 7.98. The minimum absolute atomic E-state index is 0.174. The SMILES string of the molecule is CSc1ccc(-c2[nH]c(-c3ccc(F)cc3)c(-c3ccncc3)c2C(=O)O)cc1. The second-order valence-corrected chi connectivity index (χ2v) is 7.28. The molecule has 0 radical (unpaired) electrons. The molecule has 4 nitrogen and oxygen atoms in total. The van der Waals surface area contributed by atoms with Crippen molar-refractivity contribution in [1.82, 2.24) is 9.97 Å². The van der Waals surface area contributed by atoms with Crippen LogP contribution in [0.3, 0.4) is 0 Å². The number of pyridine rings is 1. The average Bonchev–Trinajstić information content (AvgIpc) is 3.16. The number of benzene rings is 2. The van der Waals surface area contributed by atoms with E-state index in [1.165, 1.54) is 12.1 Å². The van der Waals surface area contributed by atoms with E-state index in [2.05, 4.69) is 9.97 Å². The van der Waals surface area contributed by atoms with Crippen molar-refractivity contribution in [3.05, 3.63) is 84.4 Å². The van der Waals surface area contributed by atoms with Gasteiger partial charge in [0.1, 0.15) is 5.82 Å². The summed E-state index contributed by atoms with van der Waals surface area (Å²) in [6.45, 7) is 0. The van der Waals surface area contributed by atoms with Crippen LogP contribution in [0.1, 0.15) is 10.4 Å². The monoisotopic (exact) mass is 404 g/mol. The highest BCUT2D eigenvalue weighted by Crippen LogP contribution is 2.40. The molecular formula is C23H17FN2O2S. The van der Waals surface area contributed by atoms with Gasteiger partial charge in [0.15, 0.2) is 0 Å². The molecule has 4 aromatic rings. The van der Waals surface area contributed by atoms with Crippen LogP contribution in [-0.4, -0.2) is 27.3 Å². The number of aromatic carboxylic acids is 1. The van der Waals surface area contributed by atoms with Crippen LogP contribution in [0.25, 0.3) is 33.6 Å². The highest BCUT2D eigenvalue weighted by atomic mass is 32.2. The molecule has 2 aromatic heterocycles. The van der Waals surface area contributed by atoms with Gasteiger partial charge in [0.25, 0.3) is 0 Å². The molecule has 0 atom stereocenters. The van der Waals surface area contributed by atoms with Crippen molar-refractivity contribution in [3.63, 3.8) is 0 Å². The number of aromatic nitrogens is 2. The molecule has 0 aliphatic heterocycles. The Morgan fingerprint density at radius 1 is 0.897 bits per heavy atom. The van der Waals surface area contributed by atoms with Crippen molar-refractivity contribution in [1.29, 1.82) is 0 Å². The van der Waals surface area contributed by atoms with Crippen molar-refractivity contribution in [2.45, 2.75) is 4.90 Å². The summed E-state index contributed by atoms with van der Waals surface area (Å²) in [6, 6.07) is 17.2.